The van der Waals surface area contributed by atoms with Gasteiger partial charge in [0.25, 0.3) is 0 Å². The molecule has 0 atom stereocenters. The van der Waals surface area contributed by atoms with Crippen LogP contribution in [-0.2, 0) is 16.4 Å². The molecule has 0 spiro atoms. The van der Waals surface area contributed by atoms with Crippen molar-refractivity contribution in [2.75, 3.05) is 6.54 Å². The van der Waals surface area contributed by atoms with E-state index in [1.54, 1.807) is 30.6 Å². The third kappa shape index (κ3) is 3.90. The highest BCUT2D eigenvalue weighted by molar-refractivity contribution is 7.89. The largest absolute Gasteiger partial charge is 0.349 e. The monoisotopic (exact) mass is 279 g/mol. The van der Waals surface area contributed by atoms with Crippen LogP contribution in [0.15, 0.2) is 41.6 Å². The highest BCUT2D eigenvalue weighted by Gasteiger charge is 2.12. The van der Waals surface area contributed by atoms with Gasteiger partial charge in [-0.05, 0) is 31.0 Å². The van der Waals surface area contributed by atoms with Crippen LogP contribution < -0.4 is 4.72 Å². The van der Waals surface area contributed by atoms with Crippen LogP contribution in [0.3, 0.4) is 0 Å². The van der Waals surface area contributed by atoms with E-state index in [1.165, 1.54) is 0 Å². The van der Waals surface area contributed by atoms with E-state index in [1.807, 2.05) is 13.0 Å². The minimum absolute atomic E-state index is 0.311. The SMILES string of the molecule is Cc1cccc(S(=O)(=O)NCCCc2ncc[nH]2)c1. The maximum atomic E-state index is 12.0. The maximum absolute atomic E-state index is 12.0. The second-order valence-corrected chi connectivity index (χ2v) is 6.12. The fourth-order valence-electron chi connectivity index (χ4n) is 1.76. The number of H-pyrrole nitrogens is 1. The lowest BCUT2D eigenvalue weighted by molar-refractivity contribution is 0.578. The van der Waals surface area contributed by atoms with Crippen LogP contribution in [0.4, 0.5) is 0 Å². The van der Waals surface area contributed by atoms with Gasteiger partial charge in [0, 0.05) is 25.4 Å². The van der Waals surface area contributed by atoms with E-state index >= 15 is 0 Å². The number of nitrogens with zero attached hydrogens (tertiary/aromatic N) is 1. The third-order valence-electron chi connectivity index (χ3n) is 2.74. The molecule has 102 valence electrons. The molecule has 0 saturated carbocycles. The van der Waals surface area contributed by atoms with E-state index in [-0.39, 0.29) is 0 Å². The van der Waals surface area contributed by atoms with Gasteiger partial charge in [-0.2, -0.15) is 0 Å². The van der Waals surface area contributed by atoms with Gasteiger partial charge in [-0.25, -0.2) is 18.1 Å². The zero-order valence-corrected chi connectivity index (χ0v) is 11.6. The van der Waals surface area contributed by atoms with Gasteiger partial charge in [0.05, 0.1) is 4.90 Å². The number of nitrogens with one attached hydrogen (secondary N) is 2. The number of aromatic amines is 1. The van der Waals surface area contributed by atoms with Gasteiger partial charge in [0.15, 0.2) is 0 Å². The number of sulfonamides is 1. The number of rotatable bonds is 6. The van der Waals surface area contributed by atoms with Crippen molar-refractivity contribution in [1.29, 1.82) is 0 Å². The number of aromatic nitrogens is 2. The Hall–Kier alpha value is -1.66. The molecule has 2 aromatic rings. The van der Waals surface area contributed by atoms with E-state index < -0.39 is 10.0 Å². The van der Waals surface area contributed by atoms with E-state index in [2.05, 4.69) is 14.7 Å². The van der Waals surface area contributed by atoms with Crippen LogP contribution in [0.1, 0.15) is 17.8 Å². The Kier molecular flexibility index (Phi) is 4.34. The van der Waals surface area contributed by atoms with Gasteiger partial charge >= 0.3 is 0 Å². The number of imidazole rings is 1. The summed E-state index contributed by atoms with van der Waals surface area (Å²) in [5.41, 5.74) is 0.929. The molecule has 0 radical (unpaired) electrons. The summed E-state index contributed by atoms with van der Waals surface area (Å²) in [4.78, 5) is 7.38. The summed E-state index contributed by atoms with van der Waals surface area (Å²) in [6.07, 6.45) is 4.88. The minimum Gasteiger partial charge on any atom is -0.349 e. The quantitative estimate of drug-likeness (QED) is 0.789. The summed E-state index contributed by atoms with van der Waals surface area (Å²) in [5, 5.41) is 0. The summed E-state index contributed by atoms with van der Waals surface area (Å²) in [7, 11) is -3.40. The first-order valence-electron chi connectivity index (χ1n) is 6.12. The van der Waals surface area contributed by atoms with Crippen LogP contribution in [0, 0.1) is 6.92 Å². The molecular formula is C13H17N3O2S. The summed E-state index contributed by atoms with van der Waals surface area (Å²) >= 11 is 0. The Morgan fingerprint density at radius 1 is 1.37 bits per heavy atom. The maximum Gasteiger partial charge on any atom is 0.240 e. The van der Waals surface area contributed by atoms with Crippen molar-refractivity contribution >= 4 is 10.0 Å². The molecule has 0 bridgehead atoms. The summed E-state index contributed by atoms with van der Waals surface area (Å²) in [6.45, 7) is 2.27. The van der Waals surface area contributed by atoms with Gasteiger partial charge < -0.3 is 4.98 Å². The fraction of sp³-hybridized carbons (Fsp3) is 0.308. The molecule has 6 heteroatoms. The first kappa shape index (κ1) is 13.8. The van der Waals surface area contributed by atoms with Gasteiger partial charge in [-0.1, -0.05) is 12.1 Å². The molecule has 0 aliphatic rings. The fourth-order valence-corrected chi connectivity index (χ4v) is 2.94. The molecule has 0 aliphatic heterocycles. The Bertz CT molecular complexity index is 621. The van der Waals surface area contributed by atoms with E-state index in [4.69, 9.17) is 0 Å². The van der Waals surface area contributed by atoms with Crippen molar-refractivity contribution in [1.82, 2.24) is 14.7 Å². The van der Waals surface area contributed by atoms with E-state index in [9.17, 15) is 8.42 Å². The average molecular weight is 279 g/mol. The first-order chi connectivity index (χ1) is 9.08. The van der Waals surface area contributed by atoms with Crippen LogP contribution in [-0.4, -0.2) is 24.9 Å². The number of aryl methyl sites for hydroxylation is 2. The molecule has 19 heavy (non-hydrogen) atoms. The standard InChI is InChI=1S/C13H17N3O2S/c1-11-4-2-5-12(10-11)19(17,18)16-7-3-6-13-14-8-9-15-13/h2,4-5,8-10,16H,3,6-7H2,1H3,(H,14,15). The first-order valence-corrected chi connectivity index (χ1v) is 7.61. The summed E-state index contributed by atoms with van der Waals surface area (Å²) < 4.78 is 26.6. The molecule has 1 aromatic heterocycles. The molecule has 5 nitrogen and oxygen atoms in total. The Morgan fingerprint density at radius 2 is 2.21 bits per heavy atom. The molecule has 1 heterocycles. The molecule has 1 aromatic carbocycles. The second-order valence-electron chi connectivity index (χ2n) is 4.35. The zero-order chi connectivity index (χ0) is 13.7. The third-order valence-corrected chi connectivity index (χ3v) is 4.20. The van der Waals surface area contributed by atoms with Crippen LogP contribution >= 0.6 is 0 Å². The molecule has 0 fully saturated rings. The zero-order valence-electron chi connectivity index (χ0n) is 10.8. The number of benzene rings is 1. The number of hydrogen-bond acceptors (Lipinski definition) is 3. The lowest BCUT2D eigenvalue weighted by Crippen LogP contribution is -2.25. The lowest BCUT2D eigenvalue weighted by Gasteiger charge is -2.06. The molecule has 0 saturated heterocycles. The summed E-state index contributed by atoms with van der Waals surface area (Å²) in [6, 6.07) is 6.87. The molecule has 2 N–H and O–H groups in total. The van der Waals surface area contributed by atoms with Crippen molar-refractivity contribution in [2.24, 2.45) is 0 Å². The smallest absolute Gasteiger partial charge is 0.240 e. The van der Waals surface area contributed by atoms with Gasteiger partial charge in [-0.3, -0.25) is 0 Å². The highest BCUT2D eigenvalue weighted by atomic mass is 32.2. The lowest BCUT2D eigenvalue weighted by atomic mass is 10.2. The topological polar surface area (TPSA) is 74.8 Å². The molecule has 0 amide bonds. The van der Waals surface area contributed by atoms with Crippen molar-refractivity contribution in [3.63, 3.8) is 0 Å². The Morgan fingerprint density at radius 3 is 2.89 bits per heavy atom. The van der Waals surface area contributed by atoms with Crippen molar-refractivity contribution in [2.45, 2.75) is 24.7 Å². The van der Waals surface area contributed by atoms with Crippen LogP contribution in [0.25, 0.3) is 0 Å². The molecular weight excluding hydrogens is 262 g/mol. The predicted molar refractivity (Wildman–Crippen MR) is 73.3 cm³/mol. The van der Waals surface area contributed by atoms with Crippen molar-refractivity contribution in [3.8, 4) is 0 Å². The summed E-state index contributed by atoms with van der Waals surface area (Å²) in [5.74, 6) is 0.870. The van der Waals surface area contributed by atoms with Crippen LogP contribution in [0.5, 0.6) is 0 Å². The normalized spacial score (nSPS) is 11.6. The van der Waals surface area contributed by atoms with Crippen LogP contribution in [0.2, 0.25) is 0 Å². The molecule has 2 rings (SSSR count). The van der Waals surface area contributed by atoms with Gasteiger partial charge in [0.1, 0.15) is 5.82 Å². The highest BCUT2D eigenvalue weighted by Crippen LogP contribution is 2.10. The second kappa shape index (κ2) is 5.99. The minimum atomic E-state index is -3.40. The van der Waals surface area contributed by atoms with Gasteiger partial charge in [-0.15, -0.1) is 0 Å². The Balaban J connectivity index is 1.88. The molecule has 0 aliphatic carbocycles. The van der Waals surface area contributed by atoms with E-state index in [0.717, 1.165) is 17.8 Å². The number of hydrogen-bond donors (Lipinski definition) is 2. The van der Waals surface area contributed by atoms with Crippen molar-refractivity contribution < 1.29 is 8.42 Å². The molecule has 0 unspecified atom stereocenters. The average Bonchev–Trinajstić information content (AvgIpc) is 2.88. The van der Waals surface area contributed by atoms with Gasteiger partial charge in [0.2, 0.25) is 10.0 Å². The van der Waals surface area contributed by atoms with E-state index in [0.29, 0.717) is 17.9 Å². The van der Waals surface area contributed by atoms with Crippen molar-refractivity contribution in [3.05, 3.63) is 48.0 Å². The Labute approximate surface area is 113 Å². The predicted octanol–water partition coefficient (Wildman–Crippen LogP) is 1.63.